The molecule has 0 bridgehead atoms. The van der Waals surface area contributed by atoms with Gasteiger partial charge in [0.1, 0.15) is 24.3 Å². The van der Waals surface area contributed by atoms with Crippen LogP contribution >= 0.6 is 0 Å². The third-order valence-electron chi connectivity index (χ3n) is 5.83. The normalized spacial score (nSPS) is 17.6. The monoisotopic (exact) mass is 578 g/mol. The van der Waals surface area contributed by atoms with Crippen LogP contribution in [0.2, 0.25) is 0 Å². The van der Waals surface area contributed by atoms with Crippen LogP contribution in [-0.4, -0.2) is 66.5 Å². The van der Waals surface area contributed by atoms with E-state index in [1.165, 1.54) is 0 Å². The lowest BCUT2D eigenvalue weighted by molar-refractivity contribution is -0.138. The van der Waals surface area contributed by atoms with E-state index in [1.54, 1.807) is 0 Å². The van der Waals surface area contributed by atoms with Crippen LogP contribution in [0.5, 0.6) is 5.75 Å². The molecule has 1 heterocycles. The van der Waals surface area contributed by atoms with Gasteiger partial charge in [-0.2, -0.15) is 13.2 Å². The first-order chi connectivity index (χ1) is 18.6. The van der Waals surface area contributed by atoms with Crippen molar-refractivity contribution >= 4 is 23.1 Å². The lowest BCUT2D eigenvalue weighted by atomic mass is 9.96. The van der Waals surface area contributed by atoms with Crippen molar-refractivity contribution in [3.8, 4) is 5.75 Å². The number of hydrogen-bond acceptors (Lipinski definition) is 5. The summed E-state index contributed by atoms with van der Waals surface area (Å²) < 4.78 is 105. The highest BCUT2D eigenvalue weighted by Crippen LogP contribution is 2.44. The molecule has 0 saturated heterocycles. The lowest BCUT2D eigenvalue weighted by Crippen LogP contribution is -2.34. The zero-order chi connectivity index (χ0) is 29.8. The Hall–Kier alpha value is -3.65. The summed E-state index contributed by atoms with van der Waals surface area (Å²) in [6, 6.07) is 4.63. The lowest BCUT2D eigenvalue weighted by Gasteiger charge is -2.25. The number of nitrogens with zero attached hydrogens (tertiary/aromatic N) is 1. The van der Waals surface area contributed by atoms with E-state index >= 15 is 8.78 Å². The van der Waals surface area contributed by atoms with Crippen molar-refractivity contribution in [3.63, 3.8) is 0 Å². The average Bonchev–Trinajstić information content (AvgIpc) is 2.98. The van der Waals surface area contributed by atoms with Crippen LogP contribution in [0.15, 0.2) is 42.5 Å². The molecular weight excluding hydrogens is 553 g/mol. The topological polar surface area (TPSA) is 99.1 Å². The predicted molar refractivity (Wildman–Crippen MR) is 129 cm³/mol. The third kappa shape index (κ3) is 7.30. The van der Waals surface area contributed by atoms with E-state index in [4.69, 9.17) is 9.84 Å². The summed E-state index contributed by atoms with van der Waals surface area (Å²) in [5.41, 5.74) is -4.38. The number of benzene rings is 2. The summed E-state index contributed by atoms with van der Waals surface area (Å²) in [5, 5.41) is 20.3. The third-order valence-corrected chi connectivity index (χ3v) is 5.83. The molecular formula is C26H25F7N2O5. The molecule has 3 N–H and O–H groups in total. The molecule has 2 atom stereocenters. The summed E-state index contributed by atoms with van der Waals surface area (Å²) in [6.07, 6.45) is -8.65. The van der Waals surface area contributed by atoms with Gasteiger partial charge in [-0.3, -0.25) is 9.59 Å². The van der Waals surface area contributed by atoms with Crippen molar-refractivity contribution in [2.24, 2.45) is 0 Å². The van der Waals surface area contributed by atoms with Gasteiger partial charge in [0.2, 0.25) is 5.91 Å². The number of ether oxygens (including phenoxy) is 1. The van der Waals surface area contributed by atoms with Gasteiger partial charge in [-0.1, -0.05) is 0 Å². The number of hydrogen-bond donors (Lipinski definition) is 3. The maximum Gasteiger partial charge on any atom is 0.417 e. The first kappa shape index (κ1) is 30.9. The number of carbonyl (C=O) groups is 2. The van der Waals surface area contributed by atoms with Gasteiger partial charge >= 0.3 is 6.18 Å². The Morgan fingerprint density at radius 3 is 2.52 bits per heavy atom. The Labute approximate surface area is 223 Å². The van der Waals surface area contributed by atoms with E-state index in [2.05, 4.69) is 5.32 Å². The molecule has 7 nitrogen and oxygen atoms in total. The molecule has 2 aromatic rings. The highest BCUT2D eigenvalue weighted by molar-refractivity contribution is 6.10. The number of aliphatic hydroxyl groups excluding tert-OH is 2. The number of amides is 2. The highest BCUT2D eigenvalue weighted by atomic mass is 19.4. The summed E-state index contributed by atoms with van der Waals surface area (Å²) in [4.78, 5) is 26.4. The average molecular weight is 578 g/mol. The van der Waals surface area contributed by atoms with Gasteiger partial charge in [0.15, 0.2) is 0 Å². The second kappa shape index (κ2) is 12.3. The maximum atomic E-state index is 15.3. The van der Waals surface area contributed by atoms with E-state index < -0.39 is 97.0 Å². The predicted octanol–water partition coefficient (Wildman–Crippen LogP) is 4.12. The van der Waals surface area contributed by atoms with Crippen molar-refractivity contribution in [2.75, 3.05) is 31.2 Å². The Morgan fingerprint density at radius 1 is 1.20 bits per heavy atom. The number of rotatable bonds is 8. The van der Waals surface area contributed by atoms with Crippen LogP contribution in [0.3, 0.4) is 0 Å². The number of halogens is 7. The van der Waals surface area contributed by atoms with Crippen molar-refractivity contribution in [3.05, 3.63) is 65.0 Å². The minimum Gasteiger partial charge on any atom is -0.491 e. The standard InChI is InChI=1S/C26H25F7N2O5/c1-14(27)13-40-17-3-4-18(21(9-17)26(31,32)33)24(39)35-7-6-25(29,30)20(10-23(38)34-11-16(37)12-36)19-8-15(28)2-5-22(19)35/h2-5,8-10,14,16,36-37H,6-7,11-13H2,1H3,(H,34,38)/t14-,16-/m1/s1. The van der Waals surface area contributed by atoms with Gasteiger partial charge in [-0.05, 0) is 43.3 Å². The van der Waals surface area contributed by atoms with Gasteiger partial charge in [0.05, 0.1) is 29.5 Å². The van der Waals surface area contributed by atoms with Crippen LogP contribution < -0.4 is 15.0 Å². The number of nitrogens with one attached hydrogen (secondary N) is 1. The van der Waals surface area contributed by atoms with Gasteiger partial charge < -0.3 is 25.2 Å². The number of fused-ring (bicyclic) bond motifs is 1. The Kier molecular flexibility index (Phi) is 9.46. The molecule has 2 aromatic carbocycles. The van der Waals surface area contributed by atoms with E-state index in [1.807, 2.05) is 0 Å². The minimum atomic E-state index is -5.09. The molecule has 2 amide bonds. The van der Waals surface area contributed by atoms with Crippen LogP contribution in [0.1, 0.15) is 34.8 Å². The molecule has 0 saturated carbocycles. The molecule has 1 aliphatic rings. The van der Waals surface area contributed by atoms with E-state index in [9.17, 15) is 36.6 Å². The Balaban J connectivity index is 2.09. The number of allylic oxidation sites excluding steroid dienone is 1. The SMILES string of the molecule is C[C@@H](F)COc1ccc(C(=O)N2CCC(F)(F)C(=CC(=O)NC[C@@H](O)CO)c3cc(F)ccc32)c(C(F)(F)F)c1. The maximum absolute atomic E-state index is 15.3. The second-order valence-corrected chi connectivity index (χ2v) is 9.01. The van der Waals surface area contributed by atoms with Crippen LogP contribution in [0, 0.1) is 5.82 Å². The number of aliphatic hydroxyl groups is 2. The molecule has 0 unspecified atom stereocenters. The summed E-state index contributed by atoms with van der Waals surface area (Å²) in [6.45, 7) is -1.44. The summed E-state index contributed by atoms with van der Waals surface area (Å²) in [7, 11) is 0. The van der Waals surface area contributed by atoms with Crippen LogP contribution in [0.4, 0.5) is 36.4 Å². The van der Waals surface area contributed by atoms with Gasteiger partial charge in [0, 0.05) is 36.7 Å². The quantitative estimate of drug-likeness (QED) is 0.324. The molecule has 14 heteroatoms. The molecule has 0 radical (unpaired) electrons. The number of anilines is 1. The molecule has 0 fully saturated rings. The molecule has 0 spiro atoms. The molecule has 0 aromatic heterocycles. The molecule has 3 rings (SSSR count). The molecule has 1 aliphatic heterocycles. The van der Waals surface area contributed by atoms with Gasteiger partial charge in [-0.25, -0.2) is 17.6 Å². The smallest absolute Gasteiger partial charge is 0.417 e. The highest BCUT2D eigenvalue weighted by Gasteiger charge is 2.43. The zero-order valence-electron chi connectivity index (χ0n) is 20.9. The Bertz CT molecular complexity index is 1280. The fraction of sp³-hybridized carbons (Fsp3) is 0.385. The molecule has 0 aliphatic carbocycles. The number of alkyl halides is 6. The van der Waals surface area contributed by atoms with Crippen molar-refractivity contribution in [1.29, 1.82) is 0 Å². The number of carbonyl (C=O) groups excluding carboxylic acids is 2. The summed E-state index contributed by atoms with van der Waals surface area (Å²) in [5.74, 6) is -7.70. The van der Waals surface area contributed by atoms with Crippen molar-refractivity contribution in [2.45, 2.75) is 37.7 Å². The molecule has 40 heavy (non-hydrogen) atoms. The Morgan fingerprint density at radius 2 is 1.90 bits per heavy atom. The fourth-order valence-electron chi connectivity index (χ4n) is 3.91. The van der Waals surface area contributed by atoms with Gasteiger partial charge in [-0.15, -0.1) is 0 Å². The van der Waals surface area contributed by atoms with Crippen molar-refractivity contribution in [1.82, 2.24) is 5.32 Å². The van der Waals surface area contributed by atoms with E-state index in [-0.39, 0.29) is 11.4 Å². The van der Waals surface area contributed by atoms with Crippen molar-refractivity contribution < 1.29 is 55.3 Å². The first-order valence-electron chi connectivity index (χ1n) is 11.9. The van der Waals surface area contributed by atoms with E-state index in [0.717, 1.165) is 31.2 Å². The minimum absolute atomic E-state index is 0.374. The first-order valence-corrected chi connectivity index (χ1v) is 11.9. The fourth-order valence-corrected chi connectivity index (χ4v) is 3.91. The van der Waals surface area contributed by atoms with Crippen LogP contribution in [0.25, 0.3) is 5.57 Å². The largest absolute Gasteiger partial charge is 0.491 e. The molecule has 218 valence electrons. The second-order valence-electron chi connectivity index (χ2n) is 9.01. The summed E-state index contributed by atoms with van der Waals surface area (Å²) >= 11 is 0. The zero-order valence-corrected chi connectivity index (χ0v) is 20.9. The van der Waals surface area contributed by atoms with E-state index in [0.29, 0.717) is 23.1 Å². The van der Waals surface area contributed by atoms with Crippen LogP contribution in [-0.2, 0) is 11.0 Å². The van der Waals surface area contributed by atoms with Gasteiger partial charge in [0.25, 0.3) is 11.8 Å².